The lowest BCUT2D eigenvalue weighted by molar-refractivity contribution is -0.249. The van der Waals surface area contributed by atoms with Gasteiger partial charge in [-0.2, -0.15) is 13.2 Å². The number of nitrogens with zero attached hydrogens (tertiary/aromatic N) is 1. The average molecular weight is 182 g/mol. The zero-order chi connectivity index (χ0) is 9.19. The number of likely N-dealkylation sites (tertiary alicyclic amines) is 1. The molecule has 0 aliphatic carbocycles. The zero-order valence-electron chi connectivity index (χ0n) is 6.99. The van der Waals surface area contributed by atoms with E-state index in [-0.39, 0.29) is 12.6 Å². The monoisotopic (exact) mass is 182 g/mol. The van der Waals surface area contributed by atoms with Crippen LogP contribution in [0.4, 0.5) is 13.2 Å². The van der Waals surface area contributed by atoms with E-state index in [4.69, 9.17) is 0 Å². The van der Waals surface area contributed by atoms with E-state index in [0.29, 0.717) is 24.3 Å². The van der Waals surface area contributed by atoms with Gasteiger partial charge in [0.25, 0.3) is 0 Å². The van der Waals surface area contributed by atoms with Crippen molar-refractivity contribution >= 4 is 0 Å². The van der Waals surface area contributed by atoms with Crippen molar-refractivity contribution in [2.24, 2.45) is 0 Å². The van der Waals surface area contributed by atoms with Crippen molar-refractivity contribution < 1.29 is 13.2 Å². The zero-order valence-corrected chi connectivity index (χ0v) is 6.99. The lowest BCUT2D eigenvalue weighted by atomic mass is 10.2. The minimum atomic E-state index is -4.15. The molecular weight excluding hydrogens is 169 g/mol. The maximum absolute atomic E-state index is 12.2. The molecule has 1 saturated heterocycles. The molecule has 0 bridgehead atoms. The van der Waals surface area contributed by atoms with Crippen molar-refractivity contribution in [2.45, 2.75) is 25.2 Å². The highest BCUT2D eigenvalue weighted by atomic mass is 19.4. The highest BCUT2D eigenvalue weighted by molar-refractivity contribution is 4.81. The Morgan fingerprint density at radius 3 is 2.67 bits per heavy atom. The summed E-state index contributed by atoms with van der Waals surface area (Å²) in [4.78, 5) is 0.615. The van der Waals surface area contributed by atoms with E-state index in [9.17, 15) is 13.2 Å². The van der Waals surface area contributed by atoms with Gasteiger partial charge >= 0.3 is 6.30 Å². The minimum Gasteiger partial charge on any atom is -0.318 e. The summed E-state index contributed by atoms with van der Waals surface area (Å²) in [7, 11) is 1.67. The lowest BCUT2D eigenvalue weighted by Gasteiger charge is -2.26. The molecule has 1 atom stereocenters. The van der Waals surface area contributed by atoms with Crippen molar-refractivity contribution in [3.05, 3.63) is 0 Å². The Labute approximate surface area is 69.7 Å². The molecule has 0 unspecified atom stereocenters. The minimum absolute atomic E-state index is 0.149. The van der Waals surface area contributed by atoms with E-state index in [1.807, 2.05) is 0 Å². The van der Waals surface area contributed by atoms with E-state index in [1.165, 1.54) is 0 Å². The first-order chi connectivity index (χ1) is 5.55. The van der Waals surface area contributed by atoms with Crippen molar-refractivity contribution in [2.75, 3.05) is 20.1 Å². The molecule has 0 saturated carbocycles. The summed E-state index contributed by atoms with van der Waals surface area (Å²) in [6.45, 7) is 0.565. The van der Waals surface area contributed by atoms with Crippen LogP contribution in [0, 0.1) is 0 Å². The maximum atomic E-state index is 12.2. The number of halogens is 3. The number of likely N-dealkylation sites (N-methyl/N-ethyl adjacent to an activating group) is 1. The molecule has 1 aliphatic heterocycles. The van der Waals surface area contributed by atoms with Crippen LogP contribution < -0.4 is 5.32 Å². The number of nitrogens with one attached hydrogen (secondary N) is 1. The van der Waals surface area contributed by atoms with Crippen LogP contribution in [0.1, 0.15) is 12.8 Å². The third-order valence-electron chi connectivity index (χ3n) is 2.14. The molecule has 1 heterocycles. The summed E-state index contributed by atoms with van der Waals surface area (Å²) in [5, 5.41) is 2.77. The average Bonchev–Trinajstić information content (AvgIpc) is 2.34. The Balaban J connectivity index is 2.52. The SMILES string of the molecule is CNC[C@H]1CCCN1C(F)(F)F. The maximum Gasteiger partial charge on any atom is 0.460 e. The van der Waals surface area contributed by atoms with E-state index < -0.39 is 6.30 Å². The van der Waals surface area contributed by atoms with Gasteiger partial charge in [0.05, 0.1) is 0 Å². The van der Waals surface area contributed by atoms with Crippen LogP contribution in [0.5, 0.6) is 0 Å². The van der Waals surface area contributed by atoms with Crippen LogP contribution in [0.2, 0.25) is 0 Å². The first-order valence-electron chi connectivity index (χ1n) is 4.04. The van der Waals surface area contributed by atoms with Gasteiger partial charge in [0.1, 0.15) is 0 Å². The number of alkyl halides is 3. The molecule has 0 aromatic carbocycles. The summed E-state index contributed by atoms with van der Waals surface area (Å²) in [6.07, 6.45) is -2.87. The third-order valence-corrected chi connectivity index (χ3v) is 2.14. The molecule has 0 aromatic heterocycles. The predicted molar refractivity (Wildman–Crippen MR) is 39.7 cm³/mol. The van der Waals surface area contributed by atoms with Crippen LogP contribution in [0.15, 0.2) is 0 Å². The fraction of sp³-hybridized carbons (Fsp3) is 1.00. The second kappa shape index (κ2) is 3.62. The summed E-state index contributed by atoms with van der Waals surface area (Å²) in [6, 6.07) is -0.366. The molecule has 12 heavy (non-hydrogen) atoms. The molecule has 5 heteroatoms. The van der Waals surface area contributed by atoms with E-state index in [0.717, 1.165) is 0 Å². The molecule has 0 radical (unpaired) electrons. The molecular formula is C7H13F3N2. The van der Waals surface area contributed by atoms with Gasteiger partial charge in [-0.1, -0.05) is 0 Å². The van der Waals surface area contributed by atoms with Gasteiger partial charge in [-0.05, 0) is 19.9 Å². The molecule has 0 aromatic rings. The normalized spacial score (nSPS) is 26.5. The largest absolute Gasteiger partial charge is 0.460 e. The number of hydrogen-bond donors (Lipinski definition) is 1. The first-order valence-corrected chi connectivity index (χ1v) is 4.04. The molecule has 0 amide bonds. The molecule has 1 aliphatic rings. The van der Waals surface area contributed by atoms with Crippen molar-refractivity contribution in [3.63, 3.8) is 0 Å². The number of hydrogen-bond acceptors (Lipinski definition) is 2. The van der Waals surface area contributed by atoms with Crippen LogP contribution in [0.3, 0.4) is 0 Å². The summed E-state index contributed by atoms with van der Waals surface area (Å²) >= 11 is 0. The molecule has 1 N–H and O–H groups in total. The van der Waals surface area contributed by atoms with Gasteiger partial charge in [-0.3, -0.25) is 0 Å². The topological polar surface area (TPSA) is 15.3 Å². The van der Waals surface area contributed by atoms with Gasteiger partial charge in [0, 0.05) is 19.1 Å². The Bertz CT molecular complexity index is 146. The standard InChI is InChI=1S/C7H13F3N2/c1-11-5-6-3-2-4-12(6)7(8,9)10/h6,11H,2-5H2,1H3/t6-/m1/s1. The van der Waals surface area contributed by atoms with Gasteiger partial charge in [-0.25, -0.2) is 4.90 Å². The Hall–Kier alpha value is -0.290. The number of rotatable bonds is 2. The summed E-state index contributed by atoms with van der Waals surface area (Å²) in [5.41, 5.74) is 0. The Morgan fingerprint density at radius 2 is 2.17 bits per heavy atom. The van der Waals surface area contributed by atoms with Gasteiger partial charge < -0.3 is 5.32 Å². The van der Waals surface area contributed by atoms with Crippen molar-refractivity contribution in [1.29, 1.82) is 0 Å². The smallest absolute Gasteiger partial charge is 0.318 e. The van der Waals surface area contributed by atoms with E-state index >= 15 is 0 Å². The molecule has 0 spiro atoms. The van der Waals surface area contributed by atoms with Gasteiger partial charge in [0.2, 0.25) is 0 Å². The Kier molecular flexibility index (Phi) is 2.95. The molecule has 72 valence electrons. The second-order valence-electron chi connectivity index (χ2n) is 3.01. The van der Waals surface area contributed by atoms with Crippen LogP contribution >= 0.6 is 0 Å². The van der Waals surface area contributed by atoms with E-state index in [2.05, 4.69) is 5.32 Å². The highest BCUT2D eigenvalue weighted by Crippen LogP contribution is 2.29. The van der Waals surface area contributed by atoms with Crippen molar-refractivity contribution in [1.82, 2.24) is 10.2 Å². The summed E-state index contributed by atoms with van der Waals surface area (Å²) < 4.78 is 36.7. The third kappa shape index (κ3) is 2.10. The molecule has 1 fully saturated rings. The van der Waals surface area contributed by atoms with E-state index in [1.54, 1.807) is 7.05 Å². The fourth-order valence-electron chi connectivity index (χ4n) is 1.62. The highest BCUT2D eigenvalue weighted by Gasteiger charge is 2.43. The van der Waals surface area contributed by atoms with Gasteiger partial charge in [-0.15, -0.1) is 0 Å². The second-order valence-corrected chi connectivity index (χ2v) is 3.01. The first kappa shape index (κ1) is 9.80. The molecule has 2 nitrogen and oxygen atoms in total. The fourth-order valence-corrected chi connectivity index (χ4v) is 1.62. The van der Waals surface area contributed by atoms with Crippen molar-refractivity contribution in [3.8, 4) is 0 Å². The quantitative estimate of drug-likeness (QED) is 0.645. The predicted octanol–water partition coefficient (Wildman–Crippen LogP) is 1.19. The van der Waals surface area contributed by atoms with Crippen LogP contribution in [-0.2, 0) is 0 Å². The van der Waals surface area contributed by atoms with Gasteiger partial charge in [0.15, 0.2) is 0 Å². The Morgan fingerprint density at radius 1 is 1.50 bits per heavy atom. The van der Waals surface area contributed by atoms with Crippen LogP contribution in [-0.4, -0.2) is 37.4 Å². The van der Waals surface area contributed by atoms with Crippen LogP contribution in [0.25, 0.3) is 0 Å². The molecule has 1 rings (SSSR count). The summed E-state index contributed by atoms with van der Waals surface area (Å²) in [5.74, 6) is 0. The lowest BCUT2D eigenvalue weighted by Crippen LogP contribution is -2.45.